The molecule has 0 amide bonds. The molecule has 0 saturated carbocycles. The highest BCUT2D eigenvalue weighted by Crippen LogP contribution is 2.19. The Bertz CT molecular complexity index is 414. The van der Waals surface area contributed by atoms with E-state index in [2.05, 4.69) is 15.2 Å². The normalized spacial score (nSPS) is 9.93. The summed E-state index contributed by atoms with van der Waals surface area (Å²) >= 11 is 0. The van der Waals surface area contributed by atoms with Crippen molar-refractivity contribution in [3.05, 3.63) is 36.8 Å². The standard InChI is InChI=1S/C11H11N3O/c1-2-15-10-5-3-9(4-6-10)11-7-13-14-8-12-11/h3-8H,2H2,1H3. The molecule has 0 radical (unpaired) electrons. The predicted molar refractivity (Wildman–Crippen MR) is 56.4 cm³/mol. The topological polar surface area (TPSA) is 47.9 Å². The maximum absolute atomic E-state index is 5.35. The van der Waals surface area contributed by atoms with Gasteiger partial charge in [-0.2, -0.15) is 5.10 Å². The molecule has 0 aliphatic heterocycles. The van der Waals surface area contributed by atoms with Crippen molar-refractivity contribution in [2.75, 3.05) is 6.61 Å². The Labute approximate surface area is 88.0 Å². The van der Waals surface area contributed by atoms with Crippen molar-refractivity contribution >= 4 is 0 Å². The molecule has 0 aliphatic rings. The number of hydrogen-bond donors (Lipinski definition) is 0. The van der Waals surface area contributed by atoms with Crippen LogP contribution in [0.4, 0.5) is 0 Å². The third kappa shape index (κ3) is 2.28. The maximum Gasteiger partial charge on any atom is 0.138 e. The molecule has 0 saturated heterocycles. The Kier molecular flexibility index (Phi) is 2.88. The fourth-order valence-corrected chi connectivity index (χ4v) is 1.28. The molecule has 4 heteroatoms. The van der Waals surface area contributed by atoms with Gasteiger partial charge in [-0.3, -0.25) is 0 Å². The average Bonchev–Trinajstić information content (AvgIpc) is 2.32. The van der Waals surface area contributed by atoms with Crippen LogP contribution in [0.3, 0.4) is 0 Å². The first-order chi connectivity index (χ1) is 7.40. The zero-order chi connectivity index (χ0) is 10.5. The van der Waals surface area contributed by atoms with Crippen molar-refractivity contribution < 1.29 is 4.74 Å². The van der Waals surface area contributed by atoms with Gasteiger partial charge in [0.1, 0.15) is 12.1 Å². The van der Waals surface area contributed by atoms with Crippen molar-refractivity contribution in [1.82, 2.24) is 15.2 Å². The minimum atomic E-state index is 0.675. The summed E-state index contributed by atoms with van der Waals surface area (Å²) in [5.74, 6) is 0.864. The highest BCUT2D eigenvalue weighted by Gasteiger charge is 1.99. The lowest BCUT2D eigenvalue weighted by atomic mass is 10.1. The Balaban J connectivity index is 2.24. The number of ether oxygens (including phenoxy) is 1. The number of aromatic nitrogens is 3. The first-order valence-electron chi connectivity index (χ1n) is 4.76. The summed E-state index contributed by atoms with van der Waals surface area (Å²) in [5.41, 5.74) is 1.82. The molecule has 1 heterocycles. The van der Waals surface area contributed by atoms with E-state index in [1.54, 1.807) is 6.20 Å². The summed E-state index contributed by atoms with van der Waals surface area (Å²) in [5, 5.41) is 7.41. The second kappa shape index (κ2) is 4.50. The van der Waals surface area contributed by atoms with E-state index in [4.69, 9.17) is 4.74 Å². The summed E-state index contributed by atoms with van der Waals surface area (Å²) < 4.78 is 5.35. The van der Waals surface area contributed by atoms with Crippen LogP contribution >= 0.6 is 0 Å². The number of hydrogen-bond acceptors (Lipinski definition) is 4. The lowest BCUT2D eigenvalue weighted by Gasteiger charge is -2.03. The van der Waals surface area contributed by atoms with Gasteiger partial charge in [0.2, 0.25) is 0 Å². The molecule has 2 aromatic rings. The Morgan fingerprint density at radius 3 is 2.53 bits per heavy atom. The van der Waals surface area contributed by atoms with Crippen LogP contribution in [0.5, 0.6) is 5.75 Å². The lowest BCUT2D eigenvalue weighted by molar-refractivity contribution is 0.340. The number of nitrogens with zero attached hydrogens (tertiary/aromatic N) is 3. The van der Waals surface area contributed by atoms with Crippen LogP contribution in [0, 0.1) is 0 Å². The van der Waals surface area contributed by atoms with Gasteiger partial charge in [-0.1, -0.05) is 0 Å². The van der Waals surface area contributed by atoms with E-state index in [1.165, 1.54) is 6.33 Å². The van der Waals surface area contributed by atoms with Gasteiger partial charge in [0.15, 0.2) is 0 Å². The van der Waals surface area contributed by atoms with Crippen molar-refractivity contribution in [3.63, 3.8) is 0 Å². The average molecular weight is 201 g/mol. The summed E-state index contributed by atoms with van der Waals surface area (Å²) in [6.45, 7) is 2.64. The molecule has 0 aliphatic carbocycles. The smallest absolute Gasteiger partial charge is 0.138 e. The molecule has 0 fully saturated rings. The van der Waals surface area contributed by atoms with E-state index in [0.29, 0.717) is 6.61 Å². The molecule has 0 unspecified atom stereocenters. The second-order valence-electron chi connectivity index (χ2n) is 2.95. The highest BCUT2D eigenvalue weighted by atomic mass is 16.5. The van der Waals surface area contributed by atoms with Crippen LogP contribution in [-0.4, -0.2) is 21.8 Å². The van der Waals surface area contributed by atoms with Crippen molar-refractivity contribution in [3.8, 4) is 17.0 Å². The van der Waals surface area contributed by atoms with E-state index in [0.717, 1.165) is 17.0 Å². The molecule has 1 aromatic carbocycles. The molecule has 0 N–H and O–H groups in total. The van der Waals surface area contributed by atoms with E-state index >= 15 is 0 Å². The van der Waals surface area contributed by atoms with Gasteiger partial charge in [-0.15, -0.1) is 5.10 Å². The quantitative estimate of drug-likeness (QED) is 0.761. The number of benzene rings is 1. The summed E-state index contributed by atoms with van der Waals surface area (Å²) in [6, 6.07) is 7.74. The van der Waals surface area contributed by atoms with Gasteiger partial charge in [0.05, 0.1) is 18.5 Å². The SMILES string of the molecule is CCOc1ccc(-c2cnncn2)cc1. The first kappa shape index (κ1) is 9.58. The summed E-state index contributed by atoms with van der Waals surface area (Å²) in [6.07, 6.45) is 3.07. The summed E-state index contributed by atoms with van der Waals surface area (Å²) in [7, 11) is 0. The molecule has 0 bridgehead atoms. The Morgan fingerprint density at radius 2 is 1.93 bits per heavy atom. The third-order valence-electron chi connectivity index (χ3n) is 1.96. The van der Waals surface area contributed by atoms with Gasteiger partial charge in [0, 0.05) is 5.56 Å². The zero-order valence-corrected chi connectivity index (χ0v) is 8.42. The van der Waals surface area contributed by atoms with Gasteiger partial charge in [-0.05, 0) is 31.2 Å². The first-order valence-corrected chi connectivity index (χ1v) is 4.76. The molecule has 2 rings (SSSR count). The lowest BCUT2D eigenvalue weighted by Crippen LogP contribution is -1.91. The molecular formula is C11H11N3O. The fraction of sp³-hybridized carbons (Fsp3) is 0.182. The third-order valence-corrected chi connectivity index (χ3v) is 1.96. The van der Waals surface area contributed by atoms with E-state index in [-0.39, 0.29) is 0 Å². The molecular weight excluding hydrogens is 190 g/mol. The van der Waals surface area contributed by atoms with Crippen LogP contribution in [0.25, 0.3) is 11.3 Å². The monoisotopic (exact) mass is 201 g/mol. The van der Waals surface area contributed by atoms with Crippen LogP contribution < -0.4 is 4.74 Å². The van der Waals surface area contributed by atoms with Crippen LogP contribution in [0.15, 0.2) is 36.8 Å². The maximum atomic E-state index is 5.35. The summed E-state index contributed by atoms with van der Waals surface area (Å²) in [4.78, 5) is 4.11. The van der Waals surface area contributed by atoms with Gasteiger partial charge < -0.3 is 4.74 Å². The Morgan fingerprint density at radius 1 is 1.13 bits per heavy atom. The molecule has 15 heavy (non-hydrogen) atoms. The van der Waals surface area contributed by atoms with Gasteiger partial charge in [-0.25, -0.2) is 4.98 Å². The van der Waals surface area contributed by atoms with E-state index in [9.17, 15) is 0 Å². The van der Waals surface area contributed by atoms with Crippen LogP contribution in [0.2, 0.25) is 0 Å². The van der Waals surface area contributed by atoms with Crippen molar-refractivity contribution in [2.24, 2.45) is 0 Å². The molecule has 4 nitrogen and oxygen atoms in total. The van der Waals surface area contributed by atoms with Crippen LogP contribution in [-0.2, 0) is 0 Å². The van der Waals surface area contributed by atoms with Crippen LogP contribution in [0.1, 0.15) is 6.92 Å². The minimum Gasteiger partial charge on any atom is -0.494 e. The predicted octanol–water partition coefficient (Wildman–Crippen LogP) is 1.94. The van der Waals surface area contributed by atoms with Crippen molar-refractivity contribution in [1.29, 1.82) is 0 Å². The second-order valence-corrected chi connectivity index (χ2v) is 2.95. The highest BCUT2D eigenvalue weighted by molar-refractivity contribution is 5.58. The molecule has 0 atom stereocenters. The number of rotatable bonds is 3. The molecule has 76 valence electrons. The van der Waals surface area contributed by atoms with Gasteiger partial charge in [0.25, 0.3) is 0 Å². The largest absolute Gasteiger partial charge is 0.494 e. The molecule has 1 aromatic heterocycles. The van der Waals surface area contributed by atoms with Crippen molar-refractivity contribution in [2.45, 2.75) is 6.92 Å². The van der Waals surface area contributed by atoms with E-state index in [1.807, 2.05) is 31.2 Å². The Hall–Kier alpha value is -1.97. The minimum absolute atomic E-state index is 0.675. The zero-order valence-electron chi connectivity index (χ0n) is 8.42. The van der Waals surface area contributed by atoms with Gasteiger partial charge >= 0.3 is 0 Å². The fourth-order valence-electron chi connectivity index (χ4n) is 1.28. The molecule has 0 spiro atoms. The van der Waals surface area contributed by atoms with E-state index < -0.39 is 0 Å².